The van der Waals surface area contributed by atoms with Crippen molar-refractivity contribution < 1.29 is 23.8 Å². The summed E-state index contributed by atoms with van der Waals surface area (Å²) >= 11 is 0. The van der Waals surface area contributed by atoms with Crippen LogP contribution in [-0.4, -0.2) is 23.4 Å². The van der Waals surface area contributed by atoms with Crippen LogP contribution in [-0.2, 0) is 13.6 Å². The van der Waals surface area contributed by atoms with Crippen molar-refractivity contribution >= 4 is 8.25 Å². The molecule has 0 aliphatic rings. The van der Waals surface area contributed by atoms with E-state index in [0.29, 0.717) is 0 Å². The Morgan fingerprint density at radius 2 is 1.50 bits per heavy atom. The molecule has 0 aromatic carbocycles. The fraction of sp³-hybridized carbons (Fsp3) is 0.333. The number of hydrogen-bond donors (Lipinski definition) is 2. The second kappa shape index (κ2) is 5.83. The zero-order chi connectivity index (χ0) is 9.56. The molecule has 0 aliphatic carbocycles. The van der Waals surface area contributed by atoms with Crippen LogP contribution < -0.4 is 0 Å². The molecule has 0 saturated carbocycles. The third-order valence-corrected chi connectivity index (χ3v) is 1.47. The highest BCUT2D eigenvalue weighted by atomic mass is 31.1. The fourth-order valence-corrected chi connectivity index (χ4v) is 0.978. The Morgan fingerprint density at radius 3 is 1.75 bits per heavy atom. The van der Waals surface area contributed by atoms with Gasteiger partial charge in [0.05, 0.1) is 0 Å². The summed E-state index contributed by atoms with van der Waals surface area (Å²) in [6.45, 7) is 5.73. The lowest BCUT2D eigenvalue weighted by Gasteiger charge is -2.03. The first-order chi connectivity index (χ1) is 5.52. The van der Waals surface area contributed by atoms with Crippen LogP contribution in [0.4, 0.5) is 0 Å². The van der Waals surface area contributed by atoms with E-state index in [0.717, 1.165) is 0 Å². The van der Waals surface area contributed by atoms with Crippen molar-refractivity contribution in [3.05, 3.63) is 24.7 Å². The molecular formula is C6H11O5P. The monoisotopic (exact) mass is 194 g/mol. The summed E-state index contributed by atoms with van der Waals surface area (Å²) in [5.74, 6) is -0.473. The normalized spacial score (nSPS) is 10.1. The summed E-state index contributed by atoms with van der Waals surface area (Å²) in [5, 5.41) is 17.0. The molecule has 2 N–H and O–H groups in total. The van der Waals surface area contributed by atoms with Crippen molar-refractivity contribution in [2.45, 2.75) is 0 Å². The summed E-state index contributed by atoms with van der Waals surface area (Å²) < 4.78 is 19.6. The van der Waals surface area contributed by atoms with E-state index < -0.39 is 8.25 Å². The smallest absolute Gasteiger partial charge is 0.320 e. The van der Waals surface area contributed by atoms with E-state index in [1.54, 1.807) is 0 Å². The van der Waals surface area contributed by atoms with Gasteiger partial charge in [-0.05, 0) is 0 Å². The molecule has 0 radical (unpaired) electrons. The Balaban J connectivity index is 3.47. The first-order valence-corrected chi connectivity index (χ1v) is 4.28. The minimum atomic E-state index is -2.67. The average molecular weight is 194 g/mol. The molecule has 0 atom stereocenters. The van der Waals surface area contributed by atoms with E-state index in [1.807, 2.05) is 0 Å². The minimum Gasteiger partial charge on any atom is -0.510 e. The van der Waals surface area contributed by atoms with Gasteiger partial charge < -0.3 is 19.3 Å². The number of aliphatic hydroxyl groups is 2. The first-order valence-electron chi connectivity index (χ1n) is 3.05. The molecule has 0 bridgehead atoms. The molecule has 0 saturated heterocycles. The molecular weight excluding hydrogens is 183 g/mol. The van der Waals surface area contributed by atoms with Gasteiger partial charge in [-0.1, -0.05) is 13.2 Å². The van der Waals surface area contributed by atoms with Crippen LogP contribution in [0.25, 0.3) is 0 Å². The van der Waals surface area contributed by atoms with Crippen molar-refractivity contribution in [1.82, 2.24) is 0 Å². The topological polar surface area (TPSA) is 76.0 Å². The Kier molecular flexibility index (Phi) is 5.45. The first kappa shape index (κ1) is 11.2. The predicted molar refractivity (Wildman–Crippen MR) is 44.4 cm³/mol. The highest BCUT2D eigenvalue weighted by Gasteiger charge is 2.00. The fourth-order valence-electron chi connectivity index (χ4n) is 0.326. The highest BCUT2D eigenvalue weighted by Crippen LogP contribution is 2.24. The lowest BCUT2D eigenvalue weighted by atomic mass is 10.6. The van der Waals surface area contributed by atoms with E-state index in [9.17, 15) is 4.57 Å². The van der Waals surface area contributed by atoms with Gasteiger partial charge >= 0.3 is 8.25 Å². The Bertz CT molecular complexity index is 180. The van der Waals surface area contributed by atoms with Gasteiger partial charge in [-0.2, -0.15) is 0 Å². The zero-order valence-corrected chi connectivity index (χ0v) is 7.45. The number of hydrogen-bond acceptors (Lipinski definition) is 5. The van der Waals surface area contributed by atoms with Crippen LogP contribution in [0.5, 0.6) is 0 Å². The second-order valence-corrected chi connectivity index (χ2v) is 3.04. The summed E-state index contributed by atoms with van der Waals surface area (Å²) in [7, 11) is -2.67. The lowest BCUT2D eigenvalue weighted by molar-refractivity contribution is 0.206. The van der Waals surface area contributed by atoms with Gasteiger partial charge in [0.1, 0.15) is 24.7 Å². The van der Waals surface area contributed by atoms with Gasteiger partial charge in [0.2, 0.25) is 0 Å². The Hall–Kier alpha value is -0.770. The molecule has 0 aromatic rings. The van der Waals surface area contributed by atoms with Crippen LogP contribution >= 0.6 is 8.25 Å². The molecule has 5 nitrogen and oxygen atoms in total. The van der Waals surface area contributed by atoms with Crippen molar-refractivity contribution in [1.29, 1.82) is 0 Å². The average Bonchev–Trinajstić information content (AvgIpc) is 1.96. The van der Waals surface area contributed by atoms with Gasteiger partial charge in [0, 0.05) is 0 Å². The molecule has 0 fully saturated rings. The van der Waals surface area contributed by atoms with Crippen LogP contribution in [0.1, 0.15) is 0 Å². The zero-order valence-electron chi connectivity index (χ0n) is 6.45. The largest absolute Gasteiger partial charge is 0.510 e. The van der Waals surface area contributed by atoms with E-state index in [2.05, 4.69) is 22.2 Å². The molecule has 0 spiro atoms. The number of rotatable bonds is 6. The maximum absolute atomic E-state index is 10.7. The standard InChI is InChI=1S/C6H11O5P/c1-5(7)3-10-12(9)11-4-6(2)8/h7-8,12H,1-4H2. The van der Waals surface area contributed by atoms with Crippen molar-refractivity contribution in [3.63, 3.8) is 0 Å². The van der Waals surface area contributed by atoms with Gasteiger partial charge in [-0.3, -0.25) is 4.57 Å². The molecule has 0 aliphatic heterocycles. The van der Waals surface area contributed by atoms with Crippen molar-refractivity contribution in [2.75, 3.05) is 13.2 Å². The maximum atomic E-state index is 10.7. The SMILES string of the molecule is C=C(O)CO[PH](=O)OCC(=C)O. The summed E-state index contributed by atoms with van der Waals surface area (Å²) in [4.78, 5) is 0. The van der Waals surface area contributed by atoms with Gasteiger partial charge in [-0.15, -0.1) is 0 Å². The highest BCUT2D eigenvalue weighted by molar-refractivity contribution is 7.33. The molecule has 0 unspecified atom stereocenters. The molecule has 0 heterocycles. The molecule has 0 amide bonds. The van der Waals surface area contributed by atoms with Gasteiger partial charge in [0.25, 0.3) is 0 Å². The third-order valence-electron chi connectivity index (χ3n) is 0.713. The summed E-state index contributed by atoms with van der Waals surface area (Å²) in [6, 6.07) is 0. The Labute approximate surface area is 70.9 Å². The minimum absolute atomic E-state index is 0.236. The summed E-state index contributed by atoms with van der Waals surface area (Å²) in [6.07, 6.45) is 0. The van der Waals surface area contributed by atoms with Crippen LogP contribution in [0.15, 0.2) is 24.7 Å². The van der Waals surface area contributed by atoms with Gasteiger partial charge in [-0.25, -0.2) is 0 Å². The Morgan fingerprint density at radius 1 is 1.17 bits per heavy atom. The van der Waals surface area contributed by atoms with Crippen molar-refractivity contribution in [3.8, 4) is 0 Å². The predicted octanol–water partition coefficient (Wildman–Crippen LogP) is 1.55. The molecule has 6 heteroatoms. The van der Waals surface area contributed by atoms with E-state index in [-0.39, 0.29) is 24.7 Å². The van der Waals surface area contributed by atoms with E-state index in [1.165, 1.54) is 0 Å². The van der Waals surface area contributed by atoms with Crippen LogP contribution in [0, 0.1) is 0 Å². The van der Waals surface area contributed by atoms with E-state index in [4.69, 9.17) is 10.2 Å². The molecule has 0 aromatic heterocycles. The van der Waals surface area contributed by atoms with E-state index >= 15 is 0 Å². The van der Waals surface area contributed by atoms with Crippen LogP contribution in [0.3, 0.4) is 0 Å². The molecule has 0 rings (SSSR count). The maximum Gasteiger partial charge on any atom is 0.320 e. The molecule has 12 heavy (non-hydrogen) atoms. The van der Waals surface area contributed by atoms with Crippen molar-refractivity contribution in [2.24, 2.45) is 0 Å². The van der Waals surface area contributed by atoms with Gasteiger partial charge in [0.15, 0.2) is 0 Å². The molecule has 70 valence electrons. The lowest BCUT2D eigenvalue weighted by Crippen LogP contribution is -1.94. The quantitative estimate of drug-likeness (QED) is 0.495. The van der Waals surface area contributed by atoms with Crippen LogP contribution in [0.2, 0.25) is 0 Å². The third kappa shape index (κ3) is 7.34. The summed E-state index contributed by atoms with van der Waals surface area (Å²) in [5.41, 5.74) is 0. The second-order valence-electron chi connectivity index (χ2n) is 1.96. The number of aliphatic hydroxyl groups excluding tert-OH is 2.